The molecule has 0 fully saturated rings. The van der Waals surface area contributed by atoms with E-state index in [1.54, 1.807) is 0 Å². The van der Waals surface area contributed by atoms with E-state index in [9.17, 15) is 0 Å². The molecule has 0 aliphatic carbocycles. The summed E-state index contributed by atoms with van der Waals surface area (Å²) in [6.07, 6.45) is 1.51. The molecule has 0 saturated heterocycles. The van der Waals surface area contributed by atoms with Crippen molar-refractivity contribution in [3.63, 3.8) is 0 Å². The zero-order valence-corrected chi connectivity index (χ0v) is 12.5. The highest BCUT2D eigenvalue weighted by Gasteiger charge is 2.30. The van der Waals surface area contributed by atoms with Crippen molar-refractivity contribution in [2.24, 2.45) is 12.8 Å². The summed E-state index contributed by atoms with van der Waals surface area (Å²) in [5.41, 5.74) is 7.49. The molecule has 0 unspecified atom stereocenters. The largest absolute Gasteiger partial charge is 0.332 e. The number of rotatable bonds is 4. The summed E-state index contributed by atoms with van der Waals surface area (Å²) in [6.45, 7) is 4.05. The fourth-order valence-corrected chi connectivity index (χ4v) is 2.46. The molecule has 2 heterocycles. The van der Waals surface area contributed by atoms with Gasteiger partial charge in [0.15, 0.2) is 11.5 Å². The summed E-state index contributed by atoms with van der Waals surface area (Å²) < 4.78 is 7.21. The van der Waals surface area contributed by atoms with Gasteiger partial charge in [-0.3, -0.25) is 4.68 Å². The highest BCUT2D eigenvalue weighted by molar-refractivity contribution is 5.91. The standard InChI is InChI=1S/C15H19N5O/c1-4-15(16,5-2)14-17-13(21-19-14)12-10-8-6-7-9-11(10)20(3)18-12/h6-9H,4-5,16H2,1-3H3. The Balaban J connectivity index is 2.11. The van der Waals surface area contributed by atoms with Crippen molar-refractivity contribution in [3.8, 4) is 11.6 Å². The maximum absolute atomic E-state index is 6.32. The van der Waals surface area contributed by atoms with Gasteiger partial charge in [0.2, 0.25) is 0 Å². The summed E-state index contributed by atoms with van der Waals surface area (Å²) in [5, 5.41) is 9.54. The molecule has 6 nitrogen and oxygen atoms in total. The first-order valence-electron chi connectivity index (χ1n) is 7.14. The molecule has 6 heteroatoms. The molecule has 0 radical (unpaired) electrons. The molecule has 0 aliphatic heterocycles. The van der Waals surface area contributed by atoms with Gasteiger partial charge in [-0.05, 0) is 18.9 Å². The minimum absolute atomic E-state index is 0.415. The van der Waals surface area contributed by atoms with Gasteiger partial charge in [0.05, 0.1) is 11.1 Å². The topological polar surface area (TPSA) is 82.8 Å². The van der Waals surface area contributed by atoms with Crippen molar-refractivity contribution in [2.75, 3.05) is 0 Å². The number of para-hydroxylation sites is 1. The Kier molecular flexibility index (Phi) is 3.25. The average molecular weight is 285 g/mol. The van der Waals surface area contributed by atoms with Crippen LogP contribution in [0, 0.1) is 0 Å². The first kappa shape index (κ1) is 13.8. The normalized spacial score (nSPS) is 12.2. The van der Waals surface area contributed by atoms with Crippen molar-refractivity contribution in [3.05, 3.63) is 30.1 Å². The minimum Gasteiger partial charge on any atom is -0.332 e. The Labute approximate surface area is 122 Å². The van der Waals surface area contributed by atoms with E-state index in [2.05, 4.69) is 15.2 Å². The van der Waals surface area contributed by atoms with Gasteiger partial charge in [0.25, 0.3) is 5.89 Å². The van der Waals surface area contributed by atoms with Gasteiger partial charge in [0.1, 0.15) is 0 Å². The second kappa shape index (κ2) is 4.96. The number of hydrogen-bond acceptors (Lipinski definition) is 5. The van der Waals surface area contributed by atoms with Gasteiger partial charge < -0.3 is 10.3 Å². The molecule has 0 spiro atoms. The van der Waals surface area contributed by atoms with Gasteiger partial charge in [-0.25, -0.2) is 0 Å². The van der Waals surface area contributed by atoms with Gasteiger partial charge >= 0.3 is 0 Å². The van der Waals surface area contributed by atoms with E-state index in [0.717, 1.165) is 23.7 Å². The number of fused-ring (bicyclic) bond motifs is 1. The molecule has 2 aromatic heterocycles. The van der Waals surface area contributed by atoms with E-state index in [-0.39, 0.29) is 0 Å². The van der Waals surface area contributed by atoms with Crippen molar-refractivity contribution in [1.29, 1.82) is 0 Å². The van der Waals surface area contributed by atoms with Crippen LogP contribution in [-0.2, 0) is 12.6 Å². The second-order valence-electron chi connectivity index (χ2n) is 5.28. The molecule has 3 rings (SSSR count). The Morgan fingerprint density at radius 3 is 2.67 bits per heavy atom. The van der Waals surface area contributed by atoms with Gasteiger partial charge in [-0.1, -0.05) is 37.2 Å². The fraction of sp³-hybridized carbons (Fsp3) is 0.400. The molecule has 0 amide bonds. The maximum atomic E-state index is 6.32. The van der Waals surface area contributed by atoms with E-state index in [1.165, 1.54) is 0 Å². The lowest BCUT2D eigenvalue weighted by atomic mass is 9.93. The van der Waals surface area contributed by atoms with Crippen LogP contribution in [0.3, 0.4) is 0 Å². The number of benzene rings is 1. The van der Waals surface area contributed by atoms with Crippen LogP contribution in [0.1, 0.15) is 32.5 Å². The van der Waals surface area contributed by atoms with Crippen LogP contribution in [0.5, 0.6) is 0 Å². The monoisotopic (exact) mass is 285 g/mol. The molecule has 0 aliphatic rings. The summed E-state index contributed by atoms with van der Waals surface area (Å²) in [5.74, 6) is 0.954. The third kappa shape index (κ3) is 2.12. The van der Waals surface area contributed by atoms with Crippen molar-refractivity contribution in [1.82, 2.24) is 19.9 Å². The highest BCUT2D eigenvalue weighted by atomic mass is 16.5. The first-order chi connectivity index (χ1) is 10.1. The van der Waals surface area contributed by atoms with Crippen LogP contribution >= 0.6 is 0 Å². The Bertz CT molecular complexity index is 769. The van der Waals surface area contributed by atoms with E-state index in [1.807, 2.05) is 49.8 Å². The number of nitrogens with two attached hydrogens (primary N) is 1. The van der Waals surface area contributed by atoms with Crippen LogP contribution in [-0.4, -0.2) is 19.9 Å². The van der Waals surface area contributed by atoms with Crippen LogP contribution in [0.25, 0.3) is 22.5 Å². The fourth-order valence-electron chi connectivity index (χ4n) is 2.46. The third-order valence-corrected chi connectivity index (χ3v) is 4.09. The summed E-state index contributed by atoms with van der Waals surface area (Å²) in [4.78, 5) is 4.48. The molecule has 2 N–H and O–H groups in total. The van der Waals surface area contributed by atoms with Crippen LogP contribution < -0.4 is 5.73 Å². The predicted octanol–water partition coefficient (Wildman–Crippen LogP) is 2.60. The number of hydrogen-bond donors (Lipinski definition) is 1. The predicted molar refractivity (Wildman–Crippen MR) is 80.5 cm³/mol. The second-order valence-corrected chi connectivity index (χ2v) is 5.28. The smallest absolute Gasteiger partial charge is 0.279 e. The minimum atomic E-state index is -0.549. The lowest BCUT2D eigenvalue weighted by Crippen LogP contribution is -2.36. The maximum Gasteiger partial charge on any atom is 0.279 e. The zero-order chi connectivity index (χ0) is 15.0. The lowest BCUT2D eigenvalue weighted by Gasteiger charge is -2.21. The first-order valence-corrected chi connectivity index (χ1v) is 7.14. The van der Waals surface area contributed by atoms with Gasteiger partial charge in [0, 0.05) is 12.4 Å². The molecule has 1 aromatic carbocycles. The number of aryl methyl sites for hydroxylation is 1. The summed E-state index contributed by atoms with van der Waals surface area (Å²) in [7, 11) is 1.90. The SMILES string of the molecule is CCC(N)(CC)c1noc(-c2nn(C)c3ccccc23)n1. The van der Waals surface area contributed by atoms with Crippen LogP contribution in [0.15, 0.2) is 28.8 Å². The zero-order valence-electron chi connectivity index (χ0n) is 12.5. The Morgan fingerprint density at radius 2 is 1.95 bits per heavy atom. The molecule has 0 atom stereocenters. The molecule has 110 valence electrons. The molecule has 0 bridgehead atoms. The average Bonchev–Trinajstić information content (AvgIpc) is 3.12. The van der Waals surface area contributed by atoms with Crippen molar-refractivity contribution in [2.45, 2.75) is 32.2 Å². The summed E-state index contributed by atoms with van der Waals surface area (Å²) in [6, 6.07) is 7.95. The molecular weight excluding hydrogens is 266 g/mol. The van der Waals surface area contributed by atoms with Crippen molar-refractivity contribution >= 4 is 10.9 Å². The number of aromatic nitrogens is 4. The lowest BCUT2D eigenvalue weighted by molar-refractivity contribution is 0.350. The van der Waals surface area contributed by atoms with E-state index in [4.69, 9.17) is 10.3 Å². The Morgan fingerprint density at radius 1 is 1.24 bits per heavy atom. The molecule has 21 heavy (non-hydrogen) atoms. The van der Waals surface area contributed by atoms with E-state index >= 15 is 0 Å². The van der Waals surface area contributed by atoms with E-state index in [0.29, 0.717) is 17.4 Å². The molecule has 3 aromatic rings. The number of nitrogens with zero attached hydrogens (tertiary/aromatic N) is 4. The van der Waals surface area contributed by atoms with E-state index < -0.39 is 5.54 Å². The van der Waals surface area contributed by atoms with Gasteiger partial charge in [-0.2, -0.15) is 10.1 Å². The van der Waals surface area contributed by atoms with Crippen LogP contribution in [0.2, 0.25) is 0 Å². The van der Waals surface area contributed by atoms with Gasteiger partial charge in [-0.15, -0.1) is 0 Å². The molecule has 0 saturated carbocycles. The third-order valence-electron chi connectivity index (χ3n) is 4.09. The van der Waals surface area contributed by atoms with Crippen molar-refractivity contribution < 1.29 is 4.52 Å². The highest BCUT2D eigenvalue weighted by Crippen LogP contribution is 2.29. The molecular formula is C15H19N5O. The Hall–Kier alpha value is -2.21. The van der Waals surface area contributed by atoms with Crippen LogP contribution in [0.4, 0.5) is 0 Å². The summed E-state index contributed by atoms with van der Waals surface area (Å²) >= 11 is 0. The quantitative estimate of drug-likeness (QED) is 0.796.